The Morgan fingerprint density at radius 1 is 0.912 bits per heavy atom. The van der Waals surface area contributed by atoms with E-state index in [4.69, 9.17) is 5.73 Å². The van der Waals surface area contributed by atoms with E-state index in [2.05, 4.69) is 48.1 Å². The topological polar surface area (TPSA) is 83.5 Å². The molecule has 0 bridgehead atoms. The van der Waals surface area contributed by atoms with Gasteiger partial charge in [0.05, 0.1) is 11.5 Å². The smallest absolute Gasteiger partial charge is 0.311 e. The highest BCUT2D eigenvalue weighted by Crippen LogP contribution is 2.77. The molecule has 4 N–H and O–H groups in total. The van der Waals surface area contributed by atoms with Crippen molar-refractivity contribution in [1.29, 1.82) is 0 Å². The summed E-state index contributed by atoms with van der Waals surface area (Å²) in [6.07, 6.45) is 8.84. The van der Waals surface area contributed by atoms with Crippen LogP contribution in [0.2, 0.25) is 0 Å². The molecule has 11 atom stereocenters. The van der Waals surface area contributed by atoms with Gasteiger partial charge in [0.15, 0.2) is 0 Å². The Hall–Kier alpha value is -0.870. The Morgan fingerprint density at radius 3 is 2.21 bits per heavy atom. The van der Waals surface area contributed by atoms with Crippen LogP contribution in [-0.2, 0) is 4.79 Å². The van der Waals surface area contributed by atoms with E-state index in [1.165, 1.54) is 12.8 Å². The number of rotatable bonds is 2. The van der Waals surface area contributed by atoms with E-state index in [0.717, 1.165) is 44.1 Å². The highest BCUT2D eigenvalue weighted by molar-refractivity contribution is 5.77. The third-order valence-corrected chi connectivity index (χ3v) is 13.6. The first-order chi connectivity index (χ1) is 15.7. The van der Waals surface area contributed by atoms with Gasteiger partial charge in [-0.05, 0) is 116 Å². The summed E-state index contributed by atoms with van der Waals surface area (Å²) in [5.74, 6) is 1.22. The molecule has 4 heteroatoms. The van der Waals surface area contributed by atoms with Gasteiger partial charge in [0.25, 0.3) is 0 Å². The zero-order valence-electron chi connectivity index (χ0n) is 22.5. The van der Waals surface area contributed by atoms with Crippen LogP contribution in [0.5, 0.6) is 0 Å². The first kappa shape index (κ1) is 24.8. The van der Waals surface area contributed by atoms with Crippen LogP contribution in [0.25, 0.3) is 0 Å². The third-order valence-electron chi connectivity index (χ3n) is 13.6. The number of nitrogens with two attached hydrogens (primary N) is 1. The second kappa shape index (κ2) is 7.34. The lowest BCUT2D eigenvalue weighted by Gasteiger charge is -2.73. The summed E-state index contributed by atoms with van der Waals surface area (Å²) in [6, 6.07) is -0.300. The second-order valence-electron chi connectivity index (χ2n) is 14.7. The number of carboxylic acids is 1. The first-order valence-electron chi connectivity index (χ1n) is 14.0. The van der Waals surface area contributed by atoms with Crippen molar-refractivity contribution in [2.45, 2.75) is 111 Å². The van der Waals surface area contributed by atoms with Gasteiger partial charge >= 0.3 is 5.97 Å². The summed E-state index contributed by atoms with van der Waals surface area (Å²) in [7, 11) is 0. The minimum absolute atomic E-state index is 0.0329. The van der Waals surface area contributed by atoms with Crippen molar-refractivity contribution in [3.05, 3.63) is 12.2 Å². The summed E-state index contributed by atoms with van der Waals surface area (Å²) in [4.78, 5) is 12.9. The van der Waals surface area contributed by atoms with E-state index in [9.17, 15) is 15.0 Å². The van der Waals surface area contributed by atoms with Crippen LogP contribution in [0.15, 0.2) is 12.2 Å². The SMILES string of the molecule is C=C(C)[C@@H]1CC[C@]2(C(=O)O)C(N)C[C@]3(C)[C@H](CC[C@@H]4[C@@]5(C)CC[C@H](O)C(C)(C)[C@@H]5CC[C@]43C)[C@@H]12. The van der Waals surface area contributed by atoms with E-state index >= 15 is 0 Å². The molecule has 0 amide bonds. The summed E-state index contributed by atoms with van der Waals surface area (Å²) >= 11 is 0. The standard InChI is InChI=1S/C30H49NO3/c1-17(2)18-10-15-30(25(33)34)22(31)16-29(7)19(24(18)30)8-9-21-27(5)13-12-23(32)26(3,4)20(27)11-14-28(21,29)6/h18-24,32H,1,8-16,31H2,2-7H3,(H,33,34)/t18-,19+,20-,21+,22?,23-,24+,27-,28+,29+,30-/m0/s1. The van der Waals surface area contributed by atoms with E-state index in [0.29, 0.717) is 24.2 Å². The van der Waals surface area contributed by atoms with Gasteiger partial charge in [-0.15, -0.1) is 0 Å². The molecule has 1 unspecified atom stereocenters. The number of carboxylic acid groups (broad SMARTS) is 1. The van der Waals surface area contributed by atoms with Crippen molar-refractivity contribution in [3.63, 3.8) is 0 Å². The van der Waals surface area contributed by atoms with Crippen LogP contribution < -0.4 is 5.73 Å². The predicted octanol–water partition coefficient (Wildman–Crippen LogP) is 6.03. The highest BCUT2D eigenvalue weighted by Gasteiger charge is 2.73. The number of aliphatic carboxylic acids is 1. The quantitative estimate of drug-likeness (QED) is 0.430. The molecule has 5 rings (SSSR count). The molecular formula is C30H49NO3. The van der Waals surface area contributed by atoms with Gasteiger partial charge in [0, 0.05) is 6.04 Å². The normalized spacial score (nSPS) is 55.9. The number of hydrogen-bond acceptors (Lipinski definition) is 3. The lowest BCUT2D eigenvalue weighted by molar-refractivity contribution is -0.250. The molecule has 0 aromatic carbocycles. The number of hydrogen-bond donors (Lipinski definition) is 3. The molecule has 4 nitrogen and oxygen atoms in total. The molecule has 0 aromatic heterocycles. The lowest BCUT2D eigenvalue weighted by Crippen LogP contribution is -2.70. The fraction of sp³-hybridized carbons (Fsp3) is 0.900. The molecule has 0 radical (unpaired) electrons. The van der Waals surface area contributed by atoms with Gasteiger partial charge in [-0.3, -0.25) is 4.79 Å². The van der Waals surface area contributed by atoms with E-state index in [1.54, 1.807) is 0 Å². The fourth-order valence-corrected chi connectivity index (χ4v) is 11.7. The summed E-state index contributed by atoms with van der Waals surface area (Å²) in [5, 5.41) is 21.5. The third kappa shape index (κ3) is 2.71. The van der Waals surface area contributed by atoms with Crippen molar-refractivity contribution in [1.82, 2.24) is 0 Å². The zero-order chi connectivity index (χ0) is 25.1. The molecule has 192 valence electrons. The van der Waals surface area contributed by atoms with Crippen molar-refractivity contribution in [3.8, 4) is 0 Å². The van der Waals surface area contributed by atoms with Crippen molar-refractivity contribution in [2.75, 3.05) is 0 Å². The molecule has 0 aromatic rings. The number of carbonyl (C=O) groups is 1. The molecule has 0 spiro atoms. The van der Waals surface area contributed by atoms with Crippen LogP contribution in [0.3, 0.4) is 0 Å². The minimum atomic E-state index is -0.797. The van der Waals surface area contributed by atoms with E-state index in [-0.39, 0.29) is 45.6 Å². The van der Waals surface area contributed by atoms with E-state index < -0.39 is 11.4 Å². The number of fused-ring (bicyclic) bond motifs is 7. The van der Waals surface area contributed by atoms with Gasteiger partial charge in [-0.2, -0.15) is 0 Å². The van der Waals surface area contributed by atoms with Gasteiger partial charge in [0.2, 0.25) is 0 Å². The molecule has 0 aliphatic heterocycles. The summed E-state index contributed by atoms with van der Waals surface area (Å²) in [6.45, 7) is 18.6. The largest absolute Gasteiger partial charge is 0.481 e. The maximum atomic E-state index is 12.9. The maximum Gasteiger partial charge on any atom is 0.311 e. The molecule has 5 fully saturated rings. The van der Waals surface area contributed by atoms with Gasteiger partial charge in [-0.25, -0.2) is 0 Å². The van der Waals surface area contributed by atoms with Crippen molar-refractivity contribution < 1.29 is 15.0 Å². The summed E-state index contributed by atoms with van der Waals surface area (Å²) in [5.41, 5.74) is 7.67. The summed E-state index contributed by atoms with van der Waals surface area (Å²) < 4.78 is 0. The highest BCUT2D eigenvalue weighted by atomic mass is 16.4. The zero-order valence-corrected chi connectivity index (χ0v) is 22.5. The van der Waals surface area contributed by atoms with Crippen LogP contribution >= 0.6 is 0 Å². The molecule has 0 heterocycles. The number of aliphatic hydroxyl groups excluding tert-OH is 1. The minimum Gasteiger partial charge on any atom is -0.481 e. The maximum absolute atomic E-state index is 12.9. The number of allylic oxidation sites excluding steroid dienone is 1. The van der Waals surface area contributed by atoms with Crippen LogP contribution in [0, 0.1) is 56.7 Å². The molecule has 5 aliphatic rings. The molecule has 0 saturated heterocycles. The first-order valence-corrected chi connectivity index (χ1v) is 14.0. The number of aliphatic hydroxyl groups is 1. The second-order valence-corrected chi connectivity index (χ2v) is 14.7. The van der Waals surface area contributed by atoms with Crippen LogP contribution in [0.4, 0.5) is 0 Å². The van der Waals surface area contributed by atoms with Crippen molar-refractivity contribution >= 4 is 5.97 Å². The Bertz CT molecular complexity index is 897. The monoisotopic (exact) mass is 471 g/mol. The molecule has 5 saturated carbocycles. The van der Waals surface area contributed by atoms with Gasteiger partial charge < -0.3 is 15.9 Å². The van der Waals surface area contributed by atoms with Crippen LogP contribution in [0.1, 0.15) is 99.3 Å². The Labute approximate surface area is 207 Å². The average Bonchev–Trinajstić information content (AvgIpc) is 3.14. The Balaban J connectivity index is 1.60. The molecule has 34 heavy (non-hydrogen) atoms. The van der Waals surface area contributed by atoms with Crippen molar-refractivity contribution in [2.24, 2.45) is 62.4 Å². The molecule has 5 aliphatic carbocycles. The Morgan fingerprint density at radius 2 is 1.59 bits per heavy atom. The van der Waals surface area contributed by atoms with Gasteiger partial charge in [0.1, 0.15) is 0 Å². The van der Waals surface area contributed by atoms with E-state index in [1.807, 2.05) is 0 Å². The molecular weight excluding hydrogens is 422 g/mol. The van der Waals surface area contributed by atoms with Crippen LogP contribution in [-0.4, -0.2) is 28.3 Å². The van der Waals surface area contributed by atoms with Gasteiger partial charge in [-0.1, -0.05) is 46.8 Å². The fourth-order valence-electron chi connectivity index (χ4n) is 11.7. The predicted molar refractivity (Wildman–Crippen MR) is 136 cm³/mol. The lowest BCUT2D eigenvalue weighted by atomic mass is 9.32. The Kier molecular flexibility index (Phi) is 5.36. The average molecular weight is 472 g/mol.